The van der Waals surface area contributed by atoms with Crippen LogP contribution in [0.1, 0.15) is 47.0 Å². The van der Waals surface area contributed by atoms with E-state index in [-0.39, 0.29) is 24.0 Å². The Morgan fingerprint density at radius 3 is 2.46 bits per heavy atom. The van der Waals surface area contributed by atoms with E-state index < -0.39 is 5.60 Å². The molecule has 0 saturated carbocycles. The van der Waals surface area contributed by atoms with Crippen LogP contribution in [-0.4, -0.2) is 66.8 Å². The lowest BCUT2D eigenvalue weighted by atomic mass is 9.96. The minimum Gasteiger partial charge on any atom is -0.444 e. The molecule has 138 valence electrons. The highest BCUT2D eigenvalue weighted by molar-refractivity contribution is 5.81. The second kappa shape index (κ2) is 7.72. The van der Waals surface area contributed by atoms with Crippen molar-refractivity contribution < 1.29 is 19.1 Å². The van der Waals surface area contributed by atoms with Gasteiger partial charge in [0.25, 0.3) is 0 Å². The summed E-state index contributed by atoms with van der Waals surface area (Å²) >= 11 is 0. The number of nitrogens with zero attached hydrogens (tertiary/aromatic N) is 2. The van der Waals surface area contributed by atoms with E-state index in [0.29, 0.717) is 19.1 Å². The van der Waals surface area contributed by atoms with Crippen LogP contribution < -0.4 is 0 Å². The van der Waals surface area contributed by atoms with E-state index >= 15 is 0 Å². The summed E-state index contributed by atoms with van der Waals surface area (Å²) in [4.78, 5) is 29.0. The molecule has 0 bridgehead atoms. The SMILES string of the molecule is CC[C@@H]1[C@@H](C(=O)N2CC[C@H](COC)C2)CCN1C(=O)OC(C)(C)C. The van der Waals surface area contributed by atoms with Gasteiger partial charge in [0.15, 0.2) is 0 Å². The third-order valence-electron chi connectivity index (χ3n) is 4.91. The van der Waals surface area contributed by atoms with E-state index in [1.165, 1.54) is 0 Å². The van der Waals surface area contributed by atoms with Crippen LogP contribution >= 0.6 is 0 Å². The van der Waals surface area contributed by atoms with Gasteiger partial charge in [0.2, 0.25) is 5.91 Å². The molecule has 2 aliphatic rings. The molecule has 2 fully saturated rings. The number of likely N-dealkylation sites (tertiary alicyclic amines) is 2. The number of methoxy groups -OCH3 is 1. The van der Waals surface area contributed by atoms with Gasteiger partial charge in [-0.25, -0.2) is 4.79 Å². The molecular weight excluding hydrogens is 308 g/mol. The minimum atomic E-state index is -0.514. The molecule has 0 spiro atoms. The maximum Gasteiger partial charge on any atom is 0.410 e. The molecule has 2 saturated heterocycles. The van der Waals surface area contributed by atoms with Gasteiger partial charge in [0.05, 0.1) is 12.5 Å². The number of rotatable bonds is 4. The first kappa shape index (κ1) is 19.0. The predicted molar refractivity (Wildman–Crippen MR) is 91.7 cm³/mol. The molecule has 24 heavy (non-hydrogen) atoms. The number of hydrogen-bond donors (Lipinski definition) is 0. The summed E-state index contributed by atoms with van der Waals surface area (Å²) in [6, 6.07) is -0.0613. The summed E-state index contributed by atoms with van der Waals surface area (Å²) in [5.41, 5.74) is -0.514. The Hall–Kier alpha value is -1.30. The van der Waals surface area contributed by atoms with Gasteiger partial charge in [-0.2, -0.15) is 0 Å². The van der Waals surface area contributed by atoms with Gasteiger partial charge in [0, 0.05) is 38.7 Å². The summed E-state index contributed by atoms with van der Waals surface area (Å²) < 4.78 is 10.7. The van der Waals surface area contributed by atoms with Crippen molar-refractivity contribution in [3.8, 4) is 0 Å². The molecule has 0 aromatic heterocycles. The van der Waals surface area contributed by atoms with Crippen molar-refractivity contribution in [2.45, 2.75) is 58.6 Å². The number of carbonyl (C=O) groups excluding carboxylic acids is 2. The Bertz CT molecular complexity index is 460. The van der Waals surface area contributed by atoms with E-state index in [0.717, 1.165) is 32.4 Å². The fourth-order valence-corrected chi connectivity index (χ4v) is 3.83. The lowest BCUT2D eigenvalue weighted by Crippen LogP contribution is -2.45. The van der Waals surface area contributed by atoms with E-state index in [9.17, 15) is 9.59 Å². The molecule has 0 radical (unpaired) electrons. The van der Waals surface area contributed by atoms with Crippen molar-refractivity contribution in [1.29, 1.82) is 0 Å². The Kier molecular flexibility index (Phi) is 6.12. The topological polar surface area (TPSA) is 59.1 Å². The summed E-state index contributed by atoms with van der Waals surface area (Å²) in [6.45, 7) is 10.5. The zero-order valence-electron chi connectivity index (χ0n) is 15.7. The molecule has 6 heteroatoms. The van der Waals surface area contributed by atoms with Crippen molar-refractivity contribution in [2.24, 2.45) is 11.8 Å². The summed E-state index contributed by atoms with van der Waals surface area (Å²) in [5.74, 6) is 0.512. The van der Waals surface area contributed by atoms with E-state index in [1.807, 2.05) is 32.6 Å². The number of ether oxygens (including phenoxy) is 2. The first-order valence-corrected chi connectivity index (χ1v) is 9.04. The fourth-order valence-electron chi connectivity index (χ4n) is 3.83. The van der Waals surface area contributed by atoms with Crippen molar-refractivity contribution >= 4 is 12.0 Å². The van der Waals surface area contributed by atoms with Crippen molar-refractivity contribution in [3.05, 3.63) is 0 Å². The molecule has 6 nitrogen and oxygen atoms in total. The lowest BCUT2D eigenvalue weighted by molar-refractivity contribution is -0.135. The van der Waals surface area contributed by atoms with Crippen LogP contribution in [0, 0.1) is 11.8 Å². The van der Waals surface area contributed by atoms with E-state index in [1.54, 1.807) is 12.0 Å². The molecule has 2 amide bonds. The van der Waals surface area contributed by atoms with Gasteiger partial charge in [-0.1, -0.05) is 6.92 Å². The van der Waals surface area contributed by atoms with Crippen LogP contribution in [0.3, 0.4) is 0 Å². The maximum atomic E-state index is 12.9. The van der Waals surface area contributed by atoms with Crippen LogP contribution in [0.15, 0.2) is 0 Å². The second-order valence-corrected chi connectivity index (χ2v) is 7.94. The zero-order valence-corrected chi connectivity index (χ0v) is 15.7. The van der Waals surface area contributed by atoms with Crippen LogP contribution in [0.2, 0.25) is 0 Å². The second-order valence-electron chi connectivity index (χ2n) is 7.94. The summed E-state index contributed by atoms with van der Waals surface area (Å²) in [5, 5.41) is 0. The molecular formula is C18H32N2O4. The molecule has 0 unspecified atom stereocenters. The smallest absolute Gasteiger partial charge is 0.410 e. The fraction of sp³-hybridized carbons (Fsp3) is 0.889. The standard InChI is InChI=1S/C18H32N2O4/c1-6-15-14(8-10-20(15)17(22)24-18(2,3)4)16(21)19-9-7-13(11-19)12-23-5/h13-15H,6-12H2,1-5H3/t13-,14-,15+/m0/s1. The normalized spacial score (nSPS) is 27.6. The zero-order chi connectivity index (χ0) is 17.9. The first-order chi connectivity index (χ1) is 11.3. The third-order valence-corrected chi connectivity index (χ3v) is 4.91. The highest BCUT2D eigenvalue weighted by atomic mass is 16.6. The number of carbonyl (C=O) groups is 2. The van der Waals surface area contributed by atoms with E-state index in [2.05, 4.69) is 0 Å². The van der Waals surface area contributed by atoms with Crippen LogP contribution in [0.5, 0.6) is 0 Å². The number of amides is 2. The van der Waals surface area contributed by atoms with Crippen molar-refractivity contribution in [2.75, 3.05) is 33.4 Å². The minimum absolute atomic E-state index is 0.0613. The molecule has 0 N–H and O–H groups in total. The molecule has 2 heterocycles. The van der Waals surface area contributed by atoms with Gasteiger partial charge < -0.3 is 19.3 Å². The van der Waals surface area contributed by atoms with Crippen LogP contribution in [0.25, 0.3) is 0 Å². The molecule has 0 aromatic rings. The van der Waals surface area contributed by atoms with Gasteiger partial charge in [-0.05, 0) is 40.0 Å². The van der Waals surface area contributed by atoms with Crippen molar-refractivity contribution in [3.63, 3.8) is 0 Å². The lowest BCUT2D eigenvalue weighted by Gasteiger charge is -2.31. The van der Waals surface area contributed by atoms with E-state index in [4.69, 9.17) is 9.47 Å². The van der Waals surface area contributed by atoms with Crippen molar-refractivity contribution in [1.82, 2.24) is 9.80 Å². The van der Waals surface area contributed by atoms with Gasteiger partial charge in [0.1, 0.15) is 5.60 Å². The van der Waals surface area contributed by atoms with Gasteiger partial charge in [-0.15, -0.1) is 0 Å². The highest BCUT2D eigenvalue weighted by Gasteiger charge is 2.43. The molecule has 3 atom stereocenters. The number of hydrogen-bond acceptors (Lipinski definition) is 4. The van der Waals surface area contributed by atoms with Gasteiger partial charge in [-0.3, -0.25) is 4.79 Å². The quantitative estimate of drug-likeness (QED) is 0.789. The Morgan fingerprint density at radius 2 is 1.88 bits per heavy atom. The predicted octanol–water partition coefficient (Wildman–Crippen LogP) is 2.52. The highest BCUT2D eigenvalue weighted by Crippen LogP contribution is 2.31. The average Bonchev–Trinajstić information content (AvgIpc) is 3.11. The Labute approximate surface area is 145 Å². The monoisotopic (exact) mass is 340 g/mol. The third kappa shape index (κ3) is 4.41. The molecule has 2 rings (SSSR count). The molecule has 2 aliphatic heterocycles. The van der Waals surface area contributed by atoms with Crippen LogP contribution in [-0.2, 0) is 14.3 Å². The Morgan fingerprint density at radius 1 is 1.17 bits per heavy atom. The average molecular weight is 340 g/mol. The summed E-state index contributed by atoms with van der Waals surface area (Å²) in [6.07, 6.45) is 2.19. The molecule has 0 aliphatic carbocycles. The maximum absolute atomic E-state index is 12.9. The Balaban J connectivity index is 1.99. The molecule has 0 aromatic carbocycles. The first-order valence-electron chi connectivity index (χ1n) is 9.04. The van der Waals surface area contributed by atoms with Gasteiger partial charge >= 0.3 is 6.09 Å². The van der Waals surface area contributed by atoms with Crippen LogP contribution in [0.4, 0.5) is 4.79 Å². The largest absolute Gasteiger partial charge is 0.444 e. The summed E-state index contributed by atoms with van der Waals surface area (Å²) in [7, 11) is 1.70.